The number of aliphatic hydroxyl groups is 3. The second-order valence-corrected chi connectivity index (χ2v) is 4.83. The number of rotatable bonds is 2. The fourth-order valence-corrected chi connectivity index (χ4v) is 2.47. The van der Waals surface area contributed by atoms with E-state index in [1.54, 1.807) is 0 Å². The molecule has 2 aromatic rings. The molecule has 3 N–H and O–H groups in total. The average molecular weight is 304 g/mol. The Bertz CT molecular complexity index is 652. The maximum Gasteiger partial charge on any atom is 0.167 e. The molecule has 3 rings (SSSR count). The highest BCUT2D eigenvalue weighted by Gasteiger charge is 2.44. The number of halogens is 2. The number of aromatic nitrogens is 3. The highest BCUT2D eigenvalue weighted by Crippen LogP contribution is 2.33. The third-order valence-electron chi connectivity index (χ3n) is 3.30. The molecule has 1 fully saturated rings. The molecule has 0 saturated carbocycles. The van der Waals surface area contributed by atoms with Gasteiger partial charge in [-0.1, -0.05) is 11.6 Å². The average Bonchev–Trinajstić information content (AvgIpc) is 2.99. The summed E-state index contributed by atoms with van der Waals surface area (Å²) in [4.78, 5) is 7.56. The Kier molecular flexibility index (Phi) is 3.35. The van der Waals surface area contributed by atoms with Gasteiger partial charge in [-0.05, 0) is 0 Å². The van der Waals surface area contributed by atoms with Gasteiger partial charge in [0.25, 0.3) is 0 Å². The molecule has 1 aliphatic heterocycles. The van der Waals surface area contributed by atoms with E-state index < -0.39 is 37.0 Å². The molecule has 1 saturated heterocycles. The highest BCUT2D eigenvalue weighted by molar-refractivity contribution is 6.33. The Morgan fingerprint density at radius 3 is 2.75 bits per heavy atom. The van der Waals surface area contributed by atoms with Crippen molar-refractivity contribution >= 4 is 22.6 Å². The molecular weight excluding hydrogens is 293 g/mol. The van der Waals surface area contributed by atoms with Crippen LogP contribution in [0.3, 0.4) is 0 Å². The van der Waals surface area contributed by atoms with Crippen LogP contribution in [0.4, 0.5) is 4.39 Å². The van der Waals surface area contributed by atoms with Gasteiger partial charge in [-0.25, -0.2) is 14.4 Å². The molecule has 0 radical (unpaired) electrons. The number of hydrogen-bond donors (Lipinski definition) is 3. The van der Waals surface area contributed by atoms with Gasteiger partial charge in [-0.15, -0.1) is 0 Å². The number of hydrogen-bond acceptors (Lipinski definition) is 6. The lowest BCUT2D eigenvalue weighted by atomic mass is 10.1. The van der Waals surface area contributed by atoms with Gasteiger partial charge < -0.3 is 20.1 Å². The van der Waals surface area contributed by atoms with E-state index in [0.717, 1.165) is 6.20 Å². The quantitative estimate of drug-likeness (QED) is 0.666. The van der Waals surface area contributed by atoms with E-state index in [2.05, 4.69) is 9.97 Å². The molecule has 4 unspecified atom stereocenters. The molecule has 0 amide bonds. The second kappa shape index (κ2) is 4.90. The Morgan fingerprint density at radius 1 is 1.35 bits per heavy atom. The van der Waals surface area contributed by atoms with Crippen molar-refractivity contribution in [3.63, 3.8) is 0 Å². The lowest BCUT2D eigenvalue weighted by Gasteiger charge is -2.17. The summed E-state index contributed by atoms with van der Waals surface area (Å²) in [7, 11) is 0. The lowest BCUT2D eigenvalue weighted by molar-refractivity contribution is -0.0510. The first-order chi connectivity index (χ1) is 9.54. The number of nitrogens with zero attached hydrogens (tertiary/aromatic N) is 3. The summed E-state index contributed by atoms with van der Waals surface area (Å²) >= 11 is 5.82. The van der Waals surface area contributed by atoms with Crippen molar-refractivity contribution in [3.05, 3.63) is 23.5 Å². The maximum atomic E-state index is 13.9. The molecule has 9 heteroatoms. The number of pyridine rings is 1. The largest absolute Gasteiger partial charge is 0.394 e. The number of imidazole rings is 1. The molecule has 3 heterocycles. The van der Waals surface area contributed by atoms with E-state index >= 15 is 0 Å². The van der Waals surface area contributed by atoms with Crippen LogP contribution in [0.2, 0.25) is 5.15 Å². The van der Waals surface area contributed by atoms with Crippen LogP contribution in [0.1, 0.15) is 6.23 Å². The zero-order chi connectivity index (χ0) is 14.4. The van der Waals surface area contributed by atoms with Crippen molar-refractivity contribution < 1.29 is 24.4 Å². The summed E-state index contributed by atoms with van der Waals surface area (Å²) in [5.74, 6) is -0.681. The maximum absolute atomic E-state index is 13.9. The Balaban J connectivity index is 2.10. The van der Waals surface area contributed by atoms with Gasteiger partial charge in [0, 0.05) is 0 Å². The predicted molar refractivity (Wildman–Crippen MR) is 65.5 cm³/mol. The smallest absolute Gasteiger partial charge is 0.167 e. The van der Waals surface area contributed by atoms with E-state index in [9.17, 15) is 14.6 Å². The minimum Gasteiger partial charge on any atom is -0.394 e. The lowest BCUT2D eigenvalue weighted by Crippen LogP contribution is -2.33. The number of ether oxygens (including phenoxy) is 1. The first-order valence-electron chi connectivity index (χ1n) is 5.83. The van der Waals surface area contributed by atoms with Gasteiger partial charge in [0.2, 0.25) is 0 Å². The second-order valence-electron chi connectivity index (χ2n) is 4.47. The molecule has 7 nitrogen and oxygen atoms in total. The molecule has 2 aromatic heterocycles. The van der Waals surface area contributed by atoms with Crippen LogP contribution in [0, 0.1) is 5.82 Å². The number of fused-ring (bicyclic) bond motifs is 1. The van der Waals surface area contributed by atoms with Crippen molar-refractivity contribution in [2.24, 2.45) is 0 Å². The van der Waals surface area contributed by atoms with Crippen LogP contribution >= 0.6 is 11.6 Å². The van der Waals surface area contributed by atoms with Crippen molar-refractivity contribution in [2.45, 2.75) is 24.5 Å². The summed E-state index contributed by atoms with van der Waals surface area (Å²) in [6, 6.07) is 0. The van der Waals surface area contributed by atoms with E-state index in [1.807, 2.05) is 0 Å². The molecule has 0 aliphatic carbocycles. The Morgan fingerprint density at radius 2 is 2.10 bits per heavy atom. The third kappa shape index (κ3) is 1.88. The highest BCUT2D eigenvalue weighted by atomic mass is 35.5. The third-order valence-corrected chi connectivity index (χ3v) is 3.57. The molecule has 0 spiro atoms. The fraction of sp³-hybridized carbons (Fsp3) is 0.455. The molecule has 1 aliphatic rings. The monoisotopic (exact) mass is 303 g/mol. The van der Waals surface area contributed by atoms with Gasteiger partial charge in [0.15, 0.2) is 17.2 Å². The minimum absolute atomic E-state index is 0.0137. The summed E-state index contributed by atoms with van der Waals surface area (Å²) in [6.07, 6.45) is -2.45. The van der Waals surface area contributed by atoms with Crippen LogP contribution < -0.4 is 0 Å². The summed E-state index contributed by atoms with van der Waals surface area (Å²) in [5, 5.41) is 28.7. The zero-order valence-electron chi connectivity index (χ0n) is 10.0. The summed E-state index contributed by atoms with van der Waals surface area (Å²) in [6.45, 7) is -0.466. The summed E-state index contributed by atoms with van der Waals surface area (Å²) in [5.41, 5.74) is 0.143. The van der Waals surface area contributed by atoms with Gasteiger partial charge >= 0.3 is 0 Å². The normalized spacial score (nSPS) is 30.2. The van der Waals surface area contributed by atoms with E-state index in [4.69, 9.17) is 21.4 Å². The topological polar surface area (TPSA) is 101 Å². The van der Waals surface area contributed by atoms with Crippen LogP contribution in [0.15, 0.2) is 12.5 Å². The zero-order valence-corrected chi connectivity index (χ0v) is 10.8. The Hall–Kier alpha value is -1.32. The van der Waals surface area contributed by atoms with Crippen molar-refractivity contribution in [2.75, 3.05) is 6.61 Å². The molecule has 108 valence electrons. The van der Waals surface area contributed by atoms with Gasteiger partial charge in [0.1, 0.15) is 29.3 Å². The molecular formula is C11H11ClFN3O4. The van der Waals surface area contributed by atoms with Crippen LogP contribution in [0.5, 0.6) is 0 Å². The van der Waals surface area contributed by atoms with Crippen LogP contribution in [-0.2, 0) is 4.74 Å². The van der Waals surface area contributed by atoms with Crippen LogP contribution in [0.25, 0.3) is 11.0 Å². The Labute approximate surface area is 117 Å². The van der Waals surface area contributed by atoms with Gasteiger partial charge in [-0.3, -0.25) is 4.57 Å². The van der Waals surface area contributed by atoms with E-state index in [1.165, 1.54) is 10.9 Å². The van der Waals surface area contributed by atoms with Crippen molar-refractivity contribution in [1.82, 2.24) is 14.5 Å². The number of aliphatic hydroxyl groups excluding tert-OH is 3. The van der Waals surface area contributed by atoms with Crippen molar-refractivity contribution in [1.29, 1.82) is 0 Å². The SMILES string of the molecule is OCC1OC(n2cnc3c(Cl)ncc(F)c32)C(O)C1O. The molecule has 0 aromatic carbocycles. The standard InChI is InChI=1S/C11H11ClFN3O4/c12-10-6-7(4(13)1-14-10)16(3-15-6)11-9(19)8(18)5(2-17)20-11/h1,3,5,8-9,11,17-19H,2H2. The van der Waals surface area contributed by atoms with Gasteiger partial charge in [-0.2, -0.15) is 0 Å². The minimum atomic E-state index is -1.32. The molecule has 4 atom stereocenters. The molecule has 20 heavy (non-hydrogen) atoms. The predicted octanol–water partition coefficient (Wildman–Crippen LogP) is -0.165. The first kappa shape index (κ1) is 13.7. The summed E-state index contributed by atoms with van der Waals surface area (Å²) < 4.78 is 20.4. The molecule has 0 bridgehead atoms. The van der Waals surface area contributed by atoms with Gasteiger partial charge in [0.05, 0.1) is 19.1 Å². The first-order valence-corrected chi connectivity index (χ1v) is 6.21. The fourth-order valence-electron chi connectivity index (χ4n) is 2.29. The van der Waals surface area contributed by atoms with Crippen LogP contribution in [-0.4, -0.2) is 54.8 Å². The van der Waals surface area contributed by atoms with Crippen molar-refractivity contribution in [3.8, 4) is 0 Å². The van der Waals surface area contributed by atoms with E-state index in [0.29, 0.717) is 0 Å². The van der Waals surface area contributed by atoms with E-state index in [-0.39, 0.29) is 16.2 Å².